The zero-order chi connectivity index (χ0) is 14.1. The molecule has 2 nitrogen and oxygen atoms in total. The highest BCUT2D eigenvalue weighted by molar-refractivity contribution is 5.81. The van der Waals surface area contributed by atoms with Crippen LogP contribution in [0.4, 0.5) is 0 Å². The average Bonchev–Trinajstić information content (AvgIpc) is 2.38. The van der Waals surface area contributed by atoms with Crippen molar-refractivity contribution in [1.29, 1.82) is 0 Å². The van der Waals surface area contributed by atoms with Crippen molar-refractivity contribution >= 4 is 12.3 Å². The average molecular weight is 256 g/mol. The first-order valence-electron chi connectivity index (χ1n) is 6.82. The molecule has 0 fully saturated rings. The first-order valence-corrected chi connectivity index (χ1v) is 6.82. The highest BCUT2D eigenvalue weighted by atomic mass is 15.3. The SMILES string of the molecule is CCC/C=C\c1cc(/C=N/NC=C(C)C)ccc1C. The van der Waals surface area contributed by atoms with Crippen LogP contribution in [0, 0.1) is 6.92 Å². The molecular weight excluding hydrogens is 232 g/mol. The smallest absolute Gasteiger partial charge is 0.0544 e. The number of allylic oxidation sites excluding steroid dienone is 2. The van der Waals surface area contributed by atoms with Gasteiger partial charge in [0.15, 0.2) is 0 Å². The molecule has 0 amide bonds. The molecule has 0 heterocycles. The molecule has 0 aromatic heterocycles. The summed E-state index contributed by atoms with van der Waals surface area (Å²) in [5.41, 5.74) is 7.77. The number of unbranched alkanes of at least 4 members (excludes halogenated alkanes) is 1. The van der Waals surface area contributed by atoms with Gasteiger partial charge in [0, 0.05) is 6.20 Å². The standard InChI is InChI=1S/C17H24N2/c1-5-6-7-8-17-11-16(10-9-15(17)4)13-19-18-12-14(2)3/h7-13,18H,5-6H2,1-4H3/b8-7-,19-13+. The van der Waals surface area contributed by atoms with Crippen LogP contribution in [0.3, 0.4) is 0 Å². The maximum Gasteiger partial charge on any atom is 0.0544 e. The predicted molar refractivity (Wildman–Crippen MR) is 85.3 cm³/mol. The lowest BCUT2D eigenvalue weighted by molar-refractivity contribution is 0.958. The van der Waals surface area contributed by atoms with E-state index in [9.17, 15) is 0 Å². The molecule has 1 aromatic carbocycles. The van der Waals surface area contributed by atoms with Gasteiger partial charge in [0.05, 0.1) is 6.21 Å². The van der Waals surface area contributed by atoms with Crippen LogP contribution >= 0.6 is 0 Å². The normalized spacial score (nSPS) is 11.2. The largest absolute Gasteiger partial charge is 0.286 e. The van der Waals surface area contributed by atoms with Crippen molar-refractivity contribution < 1.29 is 0 Å². The number of rotatable bonds is 6. The Bertz CT molecular complexity index is 478. The van der Waals surface area contributed by atoms with E-state index in [4.69, 9.17) is 0 Å². The molecule has 19 heavy (non-hydrogen) atoms. The second-order valence-electron chi connectivity index (χ2n) is 4.92. The van der Waals surface area contributed by atoms with Crippen molar-refractivity contribution in [1.82, 2.24) is 5.43 Å². The van der Waals surface area contributed by atoms with Crippen LogP contribution in [-0.2, 0) is 0 Å². The molecule has 1 aromatic rings. The molecule has 0 aliphatic heterocycles. The first kappa shape index (κ1) is 15.2. The molecule has 0 saturated carbocycles. The molecule has 0 saturated heterocycles. The molecular formula is C17H24N2. The molecule has 0 bridgehead atoms. The van der Waals surface area contributed by atoms with Crippen LogP contribution in [0.15, 0.2) is 41.1 Å². The van der Waals surface area contributed by atoms with Gasteiger partial charge < -0.3 is 0 Å². The minimum absolute atomic E-state index is 1.11. The van der Waals surface area contributed by atoms with Crippen LogP contribution in [0.1, 0.15) is 50.3 Å². The lowest BCUT2D eigenvalue weighted by Gasteiger charge is -2.02. The van der Waals surface area contributed by atoms with Crippen molar-refractivity contribution in [2.24, 2.45) is 5.10 Å². The number of benzene rings is 1. The van der Waals surface area contributed by atoms with Crippen molar-refractivity contribution in [3.63, 3.8) is 0 Å². The highest BCUT2D eigenvalue weighted by Gasteiger charge is 1.95. The molecule has 0 unspecified atom stereocenters. The summed E-state index contributed by atoms with van der Waals surface area (Å²) < 4.78 is 0. The Morgan fingerprint density at radius 2 is 2.11 bits per heavy atom. The van der Waals surface area contributed by atoms with Gasteiger partial charge in [-0.25, -0.2) is 0 Å². The molecule has 1 N–H and O–H groups in total. The number of hydrazone groups is 1. The van der Waals surface area contributed by atoms with Crippen molar-refractivity contribution in [2.45, 2.75) is 40.5 Å². The number of aryl methyl sites for hydroxylation is 1. The van der Waals surface area contributed by atoms with E-state index in [1.807, 2.05) is 26.3 Å². The third kappa shape index (κ3) is 6.05. The van der Waals surface area contributed by atoms with Gasteiger partial charge >= 0.3 is 0 Å². The van der Waals surface area contributed by atoms with Crippen LogP contribution in [0.25, 0.3) is 6.08 Å². The van der Waals surface area contributed by atoms with Gasteiger partial charge in [0.2, 0.25) is 0 Å². The molecule has 0 aliphatic rings. The quantitative estimate of drug-likeness (QED) is 0.581. The summed E-state index contributed by atoms with van der Waals surface area (Å²) in [4.78, 5) is 0. The summed E-state index contributed by atoms with van der Waals surface area (Å²) in [6, 6.07) is 6.38. The fraction of sp³-hybridized carbons (Fsp3) is 0.353. The van der Waals surface area contributed by atoms with Gasteiger partial charge in [-0.3, -0.25) is 5.43 Å². The number of hydrogen-bond acceptors (Lipinski definition) is 2. The van der Waals surface area contributed by atoms with E-state index in [0.29, 0.717) is 0 Å². The topological polar surface area (TPSA) is 24.4 Å². The fourth-order valence-corrected chi connectivity index (χ4v) is 1.57. The maximum absolute atomic E-state index is 4.17. The number of hydrogen-bond donors (Lipinski definition) is 1. The molecule has 0 atom stereocenters. The molecule has 0 spiro atoms. The van der Waals surface area contributed by atoms with Crippen LogP contribution < -0.4 is 5.43 Å². The molecule has 2 heteroatoms. The Morgan fingerprint density at radius 3 is 2.79 bits per heavy atom. The van der Waals surface area contributed by atoms with E-state index < -0.39 is 0 Å². The van der Waals surface area contributed by atoms with Gasteiger partial charge in [-0.15, -0.1) is 0 Å². The predicted octanol–water partition coefficient (Wildman–Crippen LogP) is 4.66. The Kier molecular flexibility index (Phi) is 6.65. The van der Waals surface area contributed by atoms with Crippen LogP contribution in [0.5, 0.6) is 0 Å². The molecule has 102 valence electrons. The van der Waals surface area contributed by atoms with Gasteiger partial charge in [-0.1, -0.05) is 43.2 Å². The van der Waals surface area contributed by atoms with Crippen molar-refractivity contribution in [2.75, 3.05) is 0 Å². The third-order valence-corrected chi connectivity index (χ3v) is 2.70. The minimum Gasteiger partial charge on any atom is -0.286 e. The lowest BCUT2D eigenvalue weighted by atomic mass is 10.0. The summed E-state index contributed by atoms with van der Waals surface area (Å²) in [7, 11) is 0. The lowest BCUT2D eigenvalue weighted by Crippen LogP contribution is -1.96. The molecule has 1 rings (SSSR count). The minimum atomic E-state index is 1.11. The zero-order valence-electron chi connectivity index (χ0n) is 12.4. The summed E-state index contributed by atoms with van der Waals surface area (Å²) >= 11 is 0. The van der Waals surface area contributed by atoms with Gasteiger partial charge in [0.1, 0.15) is 0 Å². The Morgan fingerprint density at radius 1 is 1.32 bits per heavy atom. The zero-order valence-corrected chi connectivity index (χ0v) is 12.4. The van der Waals surface area contributed by atoms with Crippen molar-refractivity contribution in [3.05, 3.63) is 52.7 Å². The van der Waals surface area contributed by atoms with Gasteiger partial charge in [-0.05, 0) is 49.9 Å². The number of nitrogens with one attached hydrogen (secondary N) is 1. The van der Waals surface area contributed by atoms with Crippen LogP contribution in [0.2, 0.25) is 0 Å². The molecule has 0 radical (unpaired) electrons. The fourth-order valence-electron chi connectivity index (χ4n) is 1.57. The third-order valence-electron chi connectivity index (χ3n) is 2.70. The van der Waals surface area contributed by atoms with E-state index in [2.05, 4.69) is 54.7 Å². The Labute approximate surface area is 116 Å². The second-order valence-corrected chi connectivity index (χ2v) is 4.92. The maximum atomic E-state index is 4.17. The van der Waals surface area contributed by atoms with Crippen molar-refractivity contribution in [3.8, 4) is 0 Å². The highest BCUT2D eigenvalue weighted by Crippen LogP contribution is 2.12. The van der Waals surface area contributed by atoms with E-state index >= 15 is 0 Å². The van der Waals surface area contributed by atoms with Crippen LogP contribution in [-0.4, -0.2) is 6.21 Å². The van der Waals surface area contributed by atoms with Gasteiger partial charge in [-0.2, -0.15) is 5.10 Å². The van der Waals surface area contributed by atoms with E-state index in [1.165, 1.54) is 23.1 Å². The first-order chi connectivity index (χ1) is 9.13. The summed E-state index contributed by atoms with van der Waals surface area (Å²) in [6.45, 7) is 8.39. The summed E-state index contributed by atoms with van der Waals surface area (Å²) in [5.74, 6) is 0. The van der Waals surface area contributed by atoms with E-state index in [-0.39, 0.29) is 0 Å². The molecule has 0 aliphatic carbocycles. The van der Waals surface area contributed by atoms with E-state index in [1.54, 1.807) is 0 Å². The summed E-state index contributed by atoms with van der Waals surface area (Å²) in [5, 5.41) is 4.17. The number of nitrogens with zero attached hydrogens (tertiary/aromatic N) is 1. The Balaban J connectivity index is 2.75. The second kappa shape index (κ2) is 8.30. The Hall–Kier alpha value is -1.83. The van der Waals surface area contributed by atoms with Gasteiger partial charge in [0.25, 0.3) is 0 Å². The van der Waals surface area contributed by atoms with E-state index in [0.717, 1.165) is 12.0 Å². The monoisotopic (exact) mass is 256 g/mol. The summed E-state index contributed by atoms with van der Waals surface area (Å²) in [6.07, 6.45) is 10.5.